The molecule has 0 radical (unpaired) electrons. The van der Waals surface area contributed by atoms with Crippen LogP contribution in [0, 0.1) is 5.92 Å². The molecule has 2 N–H and O–H groups in total. The van der Waals surface area contributed by atoms with E-state index in [1.165, 1.54) is 38.5 Å². The van der Waals surface area contributed by atoms with E-state index in [0.717, 1.165) is 35.6 Å². The molecule has 2 rings (SSSR count). The van der Waals surface area contributed by atoms with E-state index < -0.39 is 0 Å². The van der Waals surface area contributed by atoms with Crippen LogP contribution >= 0.6 is 0 Å². The molecule has 1 aliphatic carbocycles. The lowest BCUT2D eigenvalue weighted by atomic mass is 9.84. The fourth-order valence-corrected chi connectivity index (χ4v) is 3.78. The summed E-state index contributed by atoms with van der Waals surface area (Å²) in [4.78, 5) is 12.2. The van der Waals surface area contributed by atoms with Gasteiger partial charge in [-0.2, -0.15) is 0 Å². The predicted octanol–water partition coefficient (Wildman–Crippen LogP) is 5.43. The Labute approximate surface area is 141 Å². The lowest BCUT2D eigenvalue weighted by Gasteiger charge is -2.22. The Hall–Kier alpha value is -1.31. The molecule has 23 heavy (non-hydrogen) atoms. The molecule has 0 bridgehead atoms. The van der Waals surface area contributed by atoms with Crippen molar-refractivity contribution in [3.8, 4) is 0 Å². The number of carbonyl (C=O) groups is 1. The number of carbonyl (C=O) groups excluding carboxylic acids is 1. The highest BCUT2D eigenvalue weighted by Crippen LogP contribution is 2.29. The van der Waals surface area contributed by atoms with Crippen LogP contribution in [0.15, 0.2) is 18.2 Å². The first-order valence-electron chi connectivity index (χ1n) is 9.27. The molecule has 0 unspecified atom stereocenters. The minimum atomic E-state index is 0.0482. The summed E-state index contributed by atoms with van der Waals surface area (Å²) in [6.45, 7) is 6.48. The van der Waals surface area contributed by atoms with Crippen molar-refractivity contribution in [3.63, 3.8) is 0 Å². The van der Waals surface area contributed by atoms with Crippen molar-refractivity contribution in [1.29, 1.82) is 0 Å². The van der Waals surface area contributed by atoms with E-state index in [-0.39, 0.29) is 5.41 Å². The average Bonchev–Trinajstić information content (AvgIpc) is 2.47. The van der Waals surface area contributed by atoms with Gasteiger partial charge in [0, 0.05) is 18.5 Å². The van der Waals surface area contributed by atoms with E-state index in [1.54, 1.807) is 0 Å². The van der Waals surface area contributed by atoms with Gasteiger partial charge in [-0.3, -0.25) is 4.79 Å². The van der Waals surface area contributed by atoms with Gasteiger partial charge in [-0.25, -0.2) is 0 Å². The number of nitrogen functional groups attached to an aromatic ring is 1. The molecule has 0 saturated heterocycles. The highest BCUT2D eigenvalue weighted by atomic mass is 16.1. The number of hydrogen-bond acceptors (Lipinski definition) is 2. The van der Waals surface area contributed by atoms with Crippen LogP contribution in [0.25, 0.3) is 0 Å². The van der Waals surface area contributed by atoms with Crippen LogP contribution in [0.1, 0.15) is 83.3 Å². The molecular weight excluding hydrogens is 282 g/mol. The van der Waals surface area contributed by atoms with Crippen LogP contribution in [0.5, 0.6) is 0 Å². The third kappa shape index (κ3) is 5.67. The fraction of sp³-hybridized carbons (Fsp3) is 0.667. The predicted molar refractivity (Wildman–Crippen MR) is 98.7 cm³/mol. The largest absolute Gasteiger partial charge is 0.398 e. The van der Waals surface area contributed by atoms with Gasteiger partial charge >= 0.3 is 0 Å². The Kier molecular flexibility index (Phi) is 6.26. The van der Waals surface area contributed by atoms with Crippen LogP contribution in [0.4, 0.5) is 5.69 Å². The minimum Gasteiger partial charge on any atom is -0.398 e. The zero-order valence-corrected chi connectivity index (χ0v) is 15.2. The monoisotopic (exact) mass is 315 g/mol. The molecule has 0 aromatic heterocycles. The fourth-order valence-electron chi connectivity index (χ4n) is 3.78. The van der Waals surface area contributed by atoms with Gasteiger partial charge in [0.1, 0.15) is 5.78 Å². The number of ketones is 1. The number of hydrogen-bond donors (Lipinski definition) is 1. The van der Waals surface area contributed by atoms with Crippen molar-refractivity contribution >= 4 is 11.5 Å². The van der Waals surface area contributed by atoms with Gasteiger partial charge in [-0.05, 0) is 34.9 Å². The molecule has 1 fully saturated rings. The molecule has 0 aliphatic heterocycles. The maximum Gasteiger partial charge on any atom is 0.137 e. The Morgan fingerprint density at radius 2 is 1.87 bits per heavy atom. The van der Waals surface area contributed by atoms with Crippen LogP contribution in [-0.4, -0.2) is 5.78 Å². The second-order valence-corrected chi connectivity index (χ2v) is 8.28. The zero-order chi connectivity index (χ0) is 16.9. The van der Waals surface area contributed by atoms with Gasteiger partial charge in [-0.15, -0.1) is 0 Å². The Morgan fingerprint density at radius 1 is 1.17 bits per heavy atom. The number of nitrogens with two attached hydrogens (primary N) is 1. The normalized spacial score (nSPS) is 16.5. The molecule has 0 amide bonds. The van der Waals surface area contributed by atoms with E-state index in [4.69, 9.17) is 5.73 Å². The molecule has 2 heteroatoms. The van der Waals surface area contributed by atoms with Gasteiger partial charge in [0.25, 0.3) is 0 Å². The van der Waals surface area contributed by atoms with Gasteiger partial charge in [-0.1, -0.05) is 71.4 Å². The lowest BCUT2D eigenvalue weighted by molar-refractivity contribution is -0.118. The van der Waals surface area contributed by atoms with Crippen molar-refractivity contribution in [2.75, 3.05) is 5.73 Å². The molecular formula is C21H33NO. The highest BCUT2D eigenvalue weighted by molar-refractivity contribution is 5.81. The van der Waals surface area contributed by atoms with E-state index in [0.29, 0.717) is 12.2 Å². The van der Waals surface area contributed by atoms with Crippen LogP contribution in [0.3, 0.4) is 0 Å². The number of rotatable bonds is 6. The summed E-state index contributed by atoms with van der Waals surface area (Å²) in [5.41, 5.74) is 9.24. The second-order valence-electron chi connectivity index (χ2n) is 8.28. The van der Waals surface area contributed by atoms with E-state index >= 15 is 0 Å². The molecule has 1 aromatic rings. The van der Waals surface area contributed by atoms with Crippen molar-refractivity contribution in [2.24, 2.45) is 5.92 Å². The standard InChI is InChI=1S/C21H33NO/c1-21(2,3)19-13-12-17(15-20(19)22)14-18(23)11-7-10-16-8-5-4-6-9-16/h12-13,15-16H,4-11,14,22H2,1-3H3. The smallest absolute Gasteiger partial charge is 0.137 e. The van der Waals surface area contributed by atoms with E-state index in [9.17, 15) is 4.79 Å². The SMILES string of the molecule is CC(C)(C)c1ccc(CC(=O)CCCC2CCCCC2)cc1N. The maximum absolute atomic E-state index is 12.2. The van der Waals surface area contributed by atoms with Crippen molar-refractivity contribution < 1.29 is 4.79 Å². The van der Waals surface area contributed by atoms with Crippen LogP contribution in [-0.2, 0) is 16.6 Å². The highest BCUT2D eigenvalue weighted by Gasteiger charge is 2.17. The molecule has 128 valence electrons. The molecule has 0 atom stereocenters. The molecule has 1 aromatic carbocycles. The van der Waals surface area contributed by atoms with Crippen molar-refractivity contribution in [2.45, 2.75) is 84.0 Å². The van der Waals surface area contributed by atoms with Gasteiger partial charge in [0.05, 0.1) is 0 Å². The summed E-state index contributed by atoms with van der Waals surface area (Å²) in [5, 5.41) is 0. The summed E-state index contributed by atoms with van der Waals surface area (Å²) in [6, 6.07) is 6.13. The Bertz CT molecular complexity index is 521. The first-order valence-corrected chi connectivity index (χ1v) is 9.27. The summed E-state index contributed by atoms with van der Waals surface area (Å²) in [5.74, 6) is 1.22. The lowest BCUT2D eigenvalue weighted by Crippen LogP contribution is -2.14. The van der Waals surface area contributed by atoms with Gasteiger partial charge in [0.15, 0.2) is 0 Å². The number of Topliss-reactive ketones (excluding diaryl/α,β-unsaturated/α-hetero) is 1. The van der Waals surface area contributed by atoms with Crippen molar-refractivity contribution in [1.82, 2.24) is 0 Å². The third-order valence-corrected chi connectivity index (χ3v) is 5.12. The quantitative estimate of drug-likeness (QED) is 0.711. The summed E-state index contributed by atoms with van der Waals surface area (Å²) in [6.07, 6.45) is 10.5. The molecule has 0 spiro atoms. The maximum atomic E-state index is 12.2. The zero-order valence-electron chi connectivity index (χ0n) is 15.2. The topological polar surface area (TPSA) is 43.1 Å². The summed E-state index contributed by atoms with van der Waals surface area (Å²) >= 11 is 0. The average molecular weight is 316 g/mol. The summed E-state index contributed by atoms with van der Waals surface area (Å²) < 4.78 is 0. The van der Waals surface area contributed by atoms with Gasteiger partial charge in [0.2, 0.25) is 0 Å². The molecule has 2 nitrogen and oxygen atoms in total. The van der Waals surface area contributed by atoms with Gasteiger partial charge < -0.3 is 5.73 Å². The first kappa shape index (κ1) is 18.0. The first-order chi connectivity index (χ1) is 10.9. The second kappa shape index (κ2) is 7.99. The number of anilines is 1. The van der Waals surface area contributed by atoms with E-state index in [2.05, 4.69) is 32.9 Å². The van der Waals surface area contributed by atoms with Crippen LogP contribution < -0.4 is 5.73 Å². The molecule has 1 aliphatic rings. The summed E-state index contributed by atoms with van der Waals surface area (Å²) in [7, 11) is 0. The Morgan fingerprint density at radius 3 is 2.48 bits per heavy atom. The number of benzene rings is 1. The molecule has 1 saturated carbocycles. The van der Waals surface area contributed by atoms with E-state index in [1.807, 2.05) is 6.07 Å². The minimum absolute atomic E-state index is 0.0482. The third-order valence-electron chi connectivity index (χ3n) is 5.12. The Balaban J connectivity index is 1.79. The van der Waals surface area contributed by atoms with Crippen molar-refractivity contribution in [3.05, 3.63) is 29.3 Å². The van der Waals surface area contributed by atoms with Crippen LogP contribution in [0.2, 0.25) is 0 Å². The molecule has 0 heterocycles.